The first-order valence-corrected chi connectivity index (χ1v) is 9.14. The number of hydrogen-bond donors (Lipinski definition) is 3. The molecule has 0 aromatic heterocycles. The topological polar surface area (TPSA) is 102 Å². The minimum absolute atomic E-state index is 0.334. The van der Waals surface area contributed by atoms with E-state index in [1.807, 2.05) is 0 Å². The van der Waals surface area contributed by atoms with Crippen LogP contribution in [0.15, 0.2) is 24.3 Å². The SMILES string of the molecule is COc1ccc(NC(=O)N[C@H]2[C@H](O)[C@@H](N3CCOCC3)[C@@H]3OC[C@H]2O3)cc1. The van der Waals surface area contributed by atoms with E-state index in [2.05, 4.69) is 15.5 Å². The first-order chi connectivity index (χ1) is 13.2. The van der Waals surface area contributed by atoms with Crippen LogP contribution in [-0.4, -0.2) is 86.6 Å². The van der Waals surface area contributed by atoms with Gasteiger partial charge in [-0.2, -0.15) is 0 Å². The van der Waals surface area contributed by atoms with Gasteiger partial charge in [-0.1, -0.05) is 0 Å². The van der Waals surface area contributed by atoms with Gasteiger partial charge in [0.1, 0.15) is 11.9 Å². The average Bonchev–Trinajstić information content (AvgIpc) is 3.12. The van der Waals surface area contributed by atoms with Crippen LogP contribution in [0, 0.1) is 0 Å². The van der Waals surface area contributed by atoms with Gasteiger partial charge in [0.15, 0.2) is 6.29 Å². The third-order valence-electron chi connectivity index (χ3n) is 5.24. The second kappa shape index (κ2) is 7.99. The molecule has 3 fully saturated rings. The van der Waals surface area contributed by atoms with E-state index >= 15 is 0 Å². The number of urea groups is 1. The molecule has 2 bridgehead atoms. The van der Waals surface area contributed by atoms with Gasteiger partial charge in [0.05, 0.1) is 45.1 Å². The predicted octanol–water partition coefficient (Wildman–Crippen LogP) is 0.00210. The molecule has 3 N–H and O–H groups in total. The summed E-state index contributed by atoms with van der Waals surface area (Å²) in [4.78, 5) is 14.6. The molecule has 3 aliphatic rings. The summed E-state index contributed by atoms with van der Waals surface area (Å²) in [6.07, 6.45) is -1.65. The van der Waals surface area contributed by atoms with Gasteiger partial charge >= 0.3 is 6.03 Å². The van der Waals surface area contributed by atoms with E-state index in [4.69, 9.17) is 18.9 Å². The summed E-state index contributed by atoms with van der Waals surface area (Å²) in [5.41, 5.74) is 0.629. The average molecular weight is 379 g/mol. The quantitative estimate of drug-likeness (QED) is 0.677. The van der Waals surface area contributed by atoms with E-state index in [0.29, 0.717) is 44.3 Å². The Hall–Kier alpha value is -1.91. The molecule has 9 heteroatoms. The molecule has 0 radical (unpaired) electrons. The third-order valence-corrected chi connectivity index (χ3v) is 5.24. The molecule has 3 aliphatic heterocycles. The van der Waals surface area contributed by atoms with Crippen LogP contribution >= 0.6 is 0 Å². The Bertz CT molecular complexity index is 651. The van der Waals surface area contributed by atoms with E-state index < -0.39 is 24.5 Å². The molecular weight excluding hydrogens is 354 g/mol. The Labute approximate surface area is 157 Å². The van der Waals surface area contributed by atoms with Crippen LogP contribution < -0.4 is 15.4 Å². The van der Waals surface area contributed by atoms with Crippen LogP contribution in [0.1, 0.15) is 0 Å². The maximum atomic E-state index is 12.4. The highest BCUT2D eigenvalue weighted by molar-refractivity contribution is 5.89. The van der Waals surface area contributed by atoms with Crippen LogP contribution in [0.4, 0.5) is 10.5 Å². The number of carbonyl (C=O) groups excluding carboxylic acids is 1. The van der Waals surface area contributed by atoms with Crippen LogP contribution in [0.2, 0.25) is 0 Å². The highest BCUT2D eigenvalue weighted by Gasteiger charge is 2.52. The number of morpholine rings is 1. The van der Waals surface area contributed by atoms with Crippen LogP contribution in [0.5, 0.6) is 5.75 Å². The number of aliphatic hydroxyl groups is 1. The van der Waals surface area contributed by atoms with E-state index in [9.17, 15) is 9.90 Å². The number of amides is 2. The highest BCUT2D eigenvalue weighted by Crippen LogP contribution is 2.31. The smallest absolute Gasteiger partial charge is 0.319 e. The first kappa shape index (κ1) is 18.5. The Balaban J connectivity index is 1.41. The lowest BCUT2D eigenvalue weighted by Crippen LogP contribution is -2.66. The number of fused-ring (bicyclic) bond motifs is 2. The van der Waals surface area contributed by atoms with Gasteiger partial charge in [0, 0.05) is 18.8 Å². The number of anilines is 1. The van der Waals surface area contributed by atoms with Gasteiger partial charge in [-0.05, 0) is 24.3 Å². The molecule has 27 heavy (non-hydrogen) atoms. The van der Waals surface area contributed by atoms with Crippen molar-refractivity contribution in [2.24, 2.45) is 0 Å². The fourth-order valence-corrected chi connectivity index (χ4v) is 3.84. The third kappa shape index (κ3) is 3.87. The van der Waals surface area contributed by atoms with Crippen LogP contribution in [0.3, 0.4) is 0 Å². The Morgan fingerprint density at radius 1 is 1.26 bits per heavy atom. The highest BCUT2D eigenvalue weighted by atomic mass is 16.7. The monoisotopic (exact) mass is 379 g/mol. The normalized spacial score (nSPS) is 33.5. The van der Waals surface area contributed by atoms with Gasteiger partial charge in [-0.15, -0.1) is 0 Å². The second-order valence-corrected chi connectivity index (χ2v) is 6.86. The summed E-state index contributed by atoms with van der Waals surface area (Å²) in [7, 11) is 1.58. The van der Waals surface area contributed by atoms with Gasteiger partial charge < -0.3 is 34.7 Å². The fourth-order valence-electron chi connectivity index (χ4n) is 3.84. The molecule has 1 aromatic rings. The second-order valence-electron chi connectivity index (χ2n) is 6.86. The van der Waals surface area contributed by atoms with Crippen molar-refractivity contribution in [2.45, 2.75) is 30.6 Å². The van der Waals surface area contributed by atoms with Crippen molar-refractivity contribution in [3.05, 3.63) is 24.3 Å². The molecule has 1 aromatic carbocycles. The van der Waals surface area contributed by atoms with E-state index in [1.54, 1.807) is 31.4 Å². The molecule has 4 rings (SSSR count). The van der Waals surface area contributed by atoms with E-state index in [-0.39, 0.29) is 12.1 Å². The number of rotatable bonds is 4. The van der Waals surface area contributed by atoms with Crippen molar-refractivity contribution in [3.63, 3.8) is 0 Å². The summed E-state index contributed by atoms with van der Waals surface area (Å²) >= 11 is 0. The van der Waals surface area contributed by atoms with E-state index in [0.717, 1.165) is 0 Å². The molecule has 2 amide bonds. The van der Waals surface area contributed by atoms with Gasteiger partial charge in [0.2, 0.25) is 0 Å². The zero-order valence-corrected chi connectivity index (χ0v) is 15.2. The maximum absolute atomic E-state index is 12.4. The lowest BCUT2D eigenvalue weighted by molar-refractivity contribution is -0.189. The molecule has 0 unspecified atom stereocenters. The summed E-state index contributed by atoms with van der Waals surface area (Å²) in [5, 5.41) is 16.6. The fraction of sp³-hybridized carbons (Fsp3) is 0.611. The molecule has 0 saturated carbocycles. The maximum Gasteiger partial charge on any atom is 0.319 e. The van der Waals surface area contributed by atoms with Crippen LogP contribution in [-0.2, 0) is 14.2 Å². The number of carbonyl (C=O) groups is 1. The van der Waals surface area contributed by atoms with Gasteiger partial charge in [-0.25, -0.2) is 4.79 Å². The van der Waals surface area contributed by atoms with Crippen molar-refractivity contribution >= 4 is 11.7 Å². The van der Waals surface area contributed by atoms with Crippen LogP contribution in [0.25, 0.3) is 0 Å². The van der Waals surface area contributed by atoms with Crippen molar-refractivity contribution in [2.75, 3.05) is 45.3 Å². The molecule has 0 aliphatic carbocycles. The van der Waals surface area contributed by atoms with Crippen molar-refractivity contribution in [1.82, 2.24) is 10.2 Å². The summed E-state index contributed by atoms with van der Waals surface area (Å²) in [5.74, 6) is 0.708. The first-order valence-electron chi connectivity index (χ1n) is 9.14. The molecule has 9 nitrogen and oxygen atoms in total. The Morgan fingerprint density at radius 2 is 2.00 bits per heavy atom. The molecule has 3 saturated heterocycles. The molecule has 3 heterocycles. The van der Waals surface area contributed by atoms with E-state index in [1.165, 1.54) is 0 Å². The van der Waals surface area contributed by atoms with Gasteiger partial charge in [-0.3, -0.25) is 4.90 Å². The number of hydrogen-bond acceptors (Lipinski definition) is 7. The number of aliphatic hydroxyl groups excluding tert-OH is 1. The number of nitrogens with zero attached hydrogens (tertiary/aromatic N) is 1. The standard InChI is InChI=1S/C18H25N3O6/c1-24-12-4-2-11(3-5-12)19-18(23)20-14-13-10-26-17(27-13)15(16(14)22)21-6-8-25-9-7-21/h2-5,13-17,22H,6-10H2,1H3,(H2,19,20,23)/t13-,14-,15-,16+,17-/m1/s1. The predicted molar refractivity (Wildman–Crippen MR) is 95.7 cm³/mol. The minimum Gasteiger partial charge on any atom is -0.497 e. The number of methoxy groups -OCH3 is 1. The molecule has 0 spiro atoms. The lowest BCUT2D eigenvalue weighted by atomic mass is 9.94. The largest absolute Gasteiger partial charge is 0.497 e. The summed E-state index contributed by atoms with van der Waals surface area (Å²) in [6.45, 7) is 2.95. The van der Waals surface area contributed by atoms with Crippen molar-refractivity contribution in [1.29, 1.82) is 0 Å². The Morgan fingerprint density at radius 3 is 2.70 bits per heavy atom. The summed E-state index contributed by atoms with van der Waals surface area (Å²) < 4.78 is 22.1. The zero-order chi connectivity index (χ0) is 18.8. The number of ether oxygens (including phenoxy) is 4. The number of benzene rings is 1. The van der Waals surface area contributed by atoms with Crippen molar-refractivity contribution < 1.29 is 28.8 Å². The molecular formula is C18H25N3O6. The molecule has 148 valence electrons. The molecule has 5 atom stereocenters. The van der Waals surface area contributed by atoms with Gasteiger partial charge in [0.25, 0.3) is 0 Å². The lowest BCUT2D eigenvalue weighted by Gasteiger charge is -2.44. The minimum atomic E-state index is -0.795. The zero-order valence-electron chi connectivity index (χ0n) is 15.2. The summed E-state index contributed by atoms with van der Waals surface area (Å²) in [6, 6.07) is 5.72. The number of nitrogens with one attached hydrogen (secondary N) is 2. The van der Waals surface area contributed by atoms with Crippen molar-refractivity contribution in [3.8, 4) is 5.75 Å². The Kier molecular flexibility index (Phi) is 5.46.